The molecule has 0 spiro atoms. The summed E-state index contributed by atoms with van der Waals surface area (Å²) in [5.41, 5.74) is 1.50. The van der Waals surface area contributed by atoms with Crippen LogP contribution in [0.1, 0.15) is 10.5 Å². The van der Waals surface area contributed by atoms with E-state index in [2.05, 4.69) is 20.6 Å². The second-order valence-electron chi connectivity index (χ2n) is 5.06. The second-order valence-corrected chi connectivity index (χ2v) is 5.46. The number of carbonyl (C=O) groups excluding carboxylic acids is 1. The minimum absolute atomic E-state index is 0.223. The molecular weight excluding hydrogens is 340 g/mol. The number of methoxy groups -OCH3 is 1. The Morgan fingerprint density at radius 3 is 2.76 bits per heavy atom. The van der Waals surface area contributed by atoms with Crippen LogP contribution in [0.5, 0.6) is 5.75 Å². The summed E-state index contributed by atoms with van der Waals surface area (Å²) in [7, 11) is 1.59. The summed E-state index contributed by atoms with van der Waals surface area (Å²) >= 11 is 6.05. The molecule has 0 aliphatic rings. The van der Waals surface area contributed by atoms with Crippen molar-refractivity contribution in [3.05, 3.63) is 71.5 Å². The van der Waals surface area contributed by atoms with Gasteiger partial charge in [-0.3, -0.25) is 4.79 Å². The van der Waals surface area contributed by atoms with Crippen LogP contribution < -0.4 is 15.4 Å². The Morgan fingerprint density at radius 2 is 1.96 bits per heavy atom. The summed E-state index contributed by atoms with van der Waals surface area (Å²) in [5.74, 6) is 0.641. The highest BCUT2D eigenvalue weighted by Crippen LogP contribution is 2.22. The molecule has 0 radical (unpaired) electrons. The summed E-state index contributed by atoms with van der Waals surface area (Å²) in [6, 6.07) is 15.9. The molecule has 6 nitrogen and oxygen atoms in total. The van der Waals surface area contributed by atoms with Crippen LogP contribution in [0.25, 0.3) is 0 Å². The van der Waals surface area contributed by atoms with E-state index in [9.17, 15) is 4.79 Å². The van der Waals surface area contributed by atoms with Gasteiger partial charge in [0.1, 0.15) is 11.4 Å². The molecule has 0 saturated carbocycles. The van der Waals surface area contributed by atoms with E-state index < -0.39 is 0 Å². The number of nitrogens with zero attached hydrogens (tertiary/aromatic N) is 2. The SMILES string of the molecule is COc1cccc(Nc2nccc(C(=O)Nc3ccccc3Cl)n2)c1. The summed E-state index contributed by atoms with van der Waals surface area (Å²) in [5, 5.41) is 6.23. The van der Waals surface area contributed by atoms with E-state index in [0.717, 1.165) is 5.69 Å². The van der Waals surface area contributed by atoms with Crippen LogP contribution in [-0.4, -0.2) is 23.0 Å². The number of para-hydroxylation sites is 1. The van der Waals surface area contributed by atoms with Crippen LogP contribution in [0.15, 0.2) is 60.8 Å². The number of carbonyl (C=O) groups is 1. The lowest BCUT2D eigenvalue weighted by molar-refractivity contribution is 0.102. The van der Waals surface area contributed by atoms with Gasteiger partial charge < -0.3 is 15.4 Å². The third-order valence-electron chi connectivity index (χ3n) is 3.34. The number of halogens is 1. The Bertz CT molecular complexity index is 902. The van der Waals surface area contributed by atoms with Crippen LogP contribution in [0, 0.1) is 0 Å². The van der Waals surface area contributed by atoms with Crippen LogP contribution >= 0.6 is 11.6 Å². The molecule has 1 amide bonds. The fourth-order valence-electron chi connectivity index (χ4n) is 2.12. The van der Waals surface area contributed by atoms with Crippen molar-refractivity contribution in [1.29, 1.82) is 0 Å². The minimum atomic E-state index is -0.371. The van der Waals surface area contributed by atoms with Gasteiger partial charge in [-0.15, -0.1) is 0 Å². The first kappa shape index (κ1) is 16.7. The van der Waals surface area contributed by atoms with Gasteiger partial charge in [0.15, 0.2) is 0 Å². The van der Waals surface area contributed by atoms with E-state index in [1.807, 2.05) is 18.2 Å². The number of benzene rings is 2. The number of ether oxygens (including phenoxy) is 1. The Hall–Kier alpha value is -3.12. The predicted octanol–water partition coefficient (Wildman–Crippen LogP) is 4.13. The van der Waals surface area contributed by atoms with Crippen LogP contribution in [-0.2, 0) is 0 Å². The topological polar surface area (TPSA) is 76.1 Å². The maximum atomic E-state index is 12.4. The first-order chi connectivity index (χ1) is 12.2. The molecule has 1 aromatic heterocycles. The molecule has 1 heterocycles. The highest BCUT2D eigenvalue weighted by atomic mass is 35.5. The van der Waals surface area contributed by atoms with Crippen molar-refractivity contribution in [2.75, 3.05) is 17.7 Å². The zero-order chi connectivity index (χ0) is 17.6. The van der Waals surface area contributed by atoms with Gasteiger partial charge in [-0.05, 0) is 30.3 Å². The third-order valence-corrected chi connectivity index (χ3v) is 3.67. The van der Waals surface area contributed by atoms with Gasteiger partial charge in [0.2, 0.25) is 5.95 Å². The molecule has 0 unspecified atom stereocenters. The van der Waals surface area contributed by atoms with Crippen molar-refractivity contribution in [2.24, 2.45) is 0 Å². The fraction of sp³-hybridized carbons (Fsp3) is 0.0556. The molecule has 2 aromatic carbocycles. The summed E-state index contributed by atoms with van der Waals surface area (Å²) in [6.45, 7) is 0. The number of anilines is 3. The van der Waals surface area contributed by atoms with Gasteiger partial charge in [0.05, 0.1) is 17.8 Å². The highest BCUT2D eigenvalue weighted by Gasteiger charge is 2.11. The monoisotopic (exact) mass is 354 g/mol. The molecule has 3 rings (SSSR count). The number of nitrogens with one attached hydrogen (secondary N) is 2. The van der Waals surface area contributed by atoms with Gasteiger partial charge in [0, 0.05) is 18.0 Å². The van der Waals surface area contributed by atoms with E-state index >= 15 is 0 Å². The smallest absolute Gasteiger partial charge is 0.274 e. The van der Waals surface area contributed by atoms with Crippen LogP contribution in [0.3, 0.4) is 0 Å². The lowest BCUT2D eigenvalue weighted by Gasteiger charge is -2.09. The third kappa shape index (κ3) is 4.24. The Kier molecular flexibility index (Phi) is 5.11. The lowest BCUT2D eigenvalue weighted by atomic mass is 10.3. The van der Waals surface area contributed by atoms with E-state index in [1.165, 1.54) is 12.3 Å². The van der Waals surface area contributed by atoms with Crippen molar-refractivity contribution in [1.82, 2.24) is 9.97 Å². The molecule has 0 atom stereocenters. The van der Waals surface area contributed by atoms with Gasteiger partial charge in [-0.1, -0.05) is 29.8 Å². The van der Waals surface area contributed by atoms with Gasteiger partial charge >= 0.3 is 0 Å². The van der Waals surface area contributed by atoms with Crippen molar-refractivity contribution >= 4 is 34.8 Å². The maximum absolute atomic E-state index is 12.4. The van der Waals surface area contributed by atoms with Crippen molar-refractivity contribution in [2.45, 2.75) is 0 Å². The van der Waals surface area contributed by atoms with Crippen molar-refractivity contribution in [3.63, 3.8) is 0 Å². The molecule has 3 aromatic rings. The number of hydrogen-bond donors (Lipinski definition) is 2. The zero-order valence-electron chi connectivity index (χ0n) is 13.4. The van der Waals surface area contributed by atoms with Crippen LogP contribution in [0.2, 0.25) is 5.02 Å². The van der Waals surface area contributed by atoms with Gasteiger partial charge in [-0.25, -0.2) is 9.97 Å². The lowest BCUT2D eigenvalue weighted by Crippen LogP contribution is -2.15. The quantitative estimate of drug-likeness (QED) is 0.720. The van der Waals surface area contributed by atoms with Gasteiger partial charge in [-0.2, -0.15) is 0 Å². The van der Waals surface area contributed by atoms with Crippen LogP contribution in [0.4, 0.5) is 17.3 Å². The molecule has 7 heteroatoms. The van der Waals surface area contributed by atoms with E-state index in [-0.39, 0.29) is 11.6 Å². The fourth-order valence-corrected chi connectivity index (χ4v) is 2.31. The van der Waals surface area contributed by atoms with Crippen molar-refractivity contribution < 1.29 is 9.53 Å². The van der Waals surface area contributed by atoms with E-state index in [1.54, 1.807) is 37.4 Å². The van der Waals surface area contributed by atoms with E-state index in [0.29, 0.717) is 22.4 Å². The summed E-state index contributed by atoms with van der Waals surface area (Å²) in [6.07, 6.45) is 1.51. The first-order valence-corrected chi connectivity index (χ1v) is 7.83. The highest BCUT2D eigenvalue weighted by molar-refractivity contribution is 6.33. The van der Waals surface area contributed by atoms with Gasteiger partial charge in [0.25, 0.3) is 5.91 Å². The molecule has 0 bridgehead atoms. The molecule has 0 saturated heterocycles. The number of aromatic nitrogens is 2. The Balaban J connectivity index is 1.76. The first-order valence-electron chi connectivity index (χ1n) is 7.46. The average Bonchev–Trinajstić information content (AvgIpc) is 2.64. The predicted molar refractivity (Wildman–Crippen MR) is 97.7 cm³/mol. The largest absolute Gasteiger partial charge is 0.497 e. The zero-order valence-corrected chi connectivity index (χ0v) is 14.1. The summed E-state index contributed by atoms with van der Waals surface area (Å²) in [4.78, 5) is 20.7. The molecular formula is C18H15ClN4O2. The molecule has 126 valence electrons. The number of hydrogen-bond acceptors (Lipinski definition) is 5. The van der Waals surface area contributed by atoms with E-state index in [4.69, 9.17) is 16.3 Å². The van der Waals surface area contributed by atoms with Crippen molar-refractivity contribution in [3.8, 4) is 5.75 Å². The molecule has 0 aliphatic heterocycles. The molecule has 25 heavy (non-hydrogen) atoms. The normalized spacial score (nSPS) is 10.2. The Morgan fingerprint density at radius 1 is 1.12 bits per heavy atom. The Labute approximate surface area is 149 Å². The number of rotatable bonds is 5. The minimum Gasteiger partial charge on any atom is -0.497 e. The summed E-state index contributed by atoms with van der Waals surface area (Å²) < 4.78 is 5.17. The average molecular weight is 355 g/mol. The second kappa shape index (κ2) is 7.63. The standard InChI is InChI=1S/C18H15ClN4O2/c1-25-13-6-4-5-12(11-13)21-18-20-10-9-16(23-18)17(24)22-15-8-3-2-7-14(15)19/h2-11H,1H3,(H,22,24)(H,20,21,23). The molecule has 2 N–H and O–H groups in total. The number of amides is 1. The molecule has 0 fully saturated rings. The molecule has 0 aliphatic carbocycles. The maximum Gasteiger partial charge on any atom is 0.274 e.